The molecule has 1 nitrogen and oxygen atoms in total. The van der Waals surface area contributed by atoms with Gasteiger partial charge in [0.05, 0.1) is 4.34 Å². The Bertz CT molecular complexity index is 257. The standard InChI is InChI=1S/C10H16ClNS/c1-7(2)8(3)12-6-9-4-5-10(11)13-9/h4-5,7-8,12H,6H2,1-3H3. The summed E-state index contributed by atoms with van der Waals surface area (Å²) in [4.78, 5) is 1.30. The maximum Gasteiger partial charge on any atom is 0.0931 e. The van der Waals surface area contributed by atoms with Gasteiger partial charge in [0.15, 0.2) is 0 Å². The van der Waals surface area contributed by atoms with E-state index in [1.54, 1.807) is 11.3 Å². The van der Waals surface area contributed by atoms with Crippen molar-refractivity contribution in [3.63, 3.8) is 0 Å². The Labute approximate surface area is 89.1 Å². The predicted octanol–water partition coefficient (Wildman–Crippen LogP) is 3.54. The SMILES string of the molecule is CC(C)C(C)NCc1ccc(Cl)s1. The molecule has 0 amide bonds. The fourth-order valence-electron chi connectivity index (χ4n) is 0.944. The third-order valence-electron chi connectivity index (χ3n) is 2.23. The smallest absolute Gasteiger partial charge is 0.0931 e. The highest BCUT2D eigenvalue weighted by molar-refractivity contribution is 7.16. The largest absolute Gasteiger partial charge is 0.309 e. The van der Waals surface area contributed by atoms with Crippen LogP contribution in [0.2, 0.25) is 4.34 Å². The molecule has 1 N–H and O–H groups in total. The second kappa shape index (κ2) is 4.99. The van der Waals surface area contributed by atoms with Crippen molar-refractivity contribution in [1.82, 2.24) is 5.32 Å². The summed E-state index contributed by atoms with van der Waals surface area (Å²) in [5.41, 5.74) is 0. The highest BCUT2D eigenvalue weighted by Crippen LogP contribution is 2.21. The molecule has 0 bridgehead atoms. The Hall–Kier alpha value is -0.0500. The van der Waals surface area contributed by atoms with Crippen molar-refractivity contribution in [3.05, 3.63) is 21.3 Å². The molecule has 0 radical (unpaired) electrons. The van der Waals surface area contributed by atoms with Gasteiger partial charge in [0.2, 0.25) is 0 Å². The Balaban J connectivity index is 2.35. The number of rotatable bonds is 4. The molecule has 1 heterocycles. The first kappa shape index (κ1) is 11.0. The van der Waals surface area contributed by atoms with Crippen molar-refractivity contribution in [2.75, 3.05) is 0 Å². The molecule has 1 aromatic heterocycles. The van der Waals surface area contributed by atoms with Crippen LogP contribution in [0.25, 0.3) is 0 Å². The van der Waals surface area contributed by atoms with E-state index in [9.17, 15) is 0 Å². The van der Waals surface area contributed by atoms with Crippen LogP contribution in [-0.2, 0) is 6.54 Å². The van der Waals surface area contributed by atoms with E-state index in [1.165, 1.54) is 4.88 Å². The van der Waals surface area contributed by atoms with Crippen molar-refractivity contribution < 1.29 is 0 Å². The maximum atomic E-state index is 5.83. The van der Waals surface area contributed by atoms with Gasteiger partial charge in [0, 0.05) is 17.5 Å². The first-order valence-electron chi connectivity index (χ1n) is 4.57. The highest BCUT2D eigenvalue weighted by atomic mass is 35.5. The molecule has 0 saturated heterocycles. The average Bonchev–Trinajstić information content (AvgIpc) is 2.47. The molecule has 0 aliphatic rings. The summed E-state index contributed by atoms with van der Waals surface area (Å²) in [7, 11) is 0. The third-order valence-corrected chi connectivity index (χ3v) is 3.46. The molecule has 13 heavy (non-hydrogen) atoms. The molecule has 1 unspecified atom stereocenters. The zero-order chi connectivity index (χ0) is 9.84. The lowest BCUT2D eigenvalue weighted by molar-refractivity contribution is 0.428. The summed E-state index contributed by atoms with van der Waals surface area (Å²) in [6.45, 7) is 7.58. The molecule has 3 heteroatoms. The van der Waals surface area contributed by atoms with Gasteiger partial charge in [-0.2, -0.15) is 0 Å². The molecule has 0 aliphatic carbocycles. The first-order valence-corrected chi connectivity index (χ1v) is 5.76. The monoisotopic (exact) mass is 217 g/mol. The lowest BCUT2D eigenvalue weighted by Gasteiger charge is -2.16. The third kappa shape index (κ3) is 3.67. The molecule has 1 atom stereocenters. The van der Waals surface area contributed by atoms with Crippen LogP contribution in [0.1, 0.15) is 25.6 Å². The van der Waals surface area contributed by atoms with E-state index in [4.69, 9.17) is 11.6 Å². The lowest BCUT2D eigenvalue weighted by Crippen LogP contribution is -2.29. The predicted molar refractivity (Wildman–Crippen MR) is 60.5 cm³/mol. The van der Waals surface area contributed by atoms with E-state index in [1.807, 2.05) is 6.07 Å². The Kier molecular flexibility index (Phi) is 4.23. The van der Waals surface area contributed by atoms with Crippen LogP contribution in [-0.4, -0.2) is 6.04 Å². The Morgan fingerprint density at radius 2 is 2.08 bits per heavy atom. The van der Waals surface area contributed by atoms with E-state index in [2.05, 4.69) is 32.2 Å². The molecule has 1 aromatic rings. The van der Waals surface area contributed by atoms with Gasteiger partial charge < -0.3 is 5.32 Å². The van der Waals surface area contributed by atoms with Crippen molar-refractivity contribution in [3.8, 4) is 0 Å². The van der Waals surface area contributed by atoms with Crippen molar-refractivity contribution in [1.29, 1.82) is 0 Å². The number of thiophene rings is 1. The molecular weight excluding hydrogens is 202 g/mol. The van der Waals surface area contributed by atoms with E-state index in [0.717, 1.165) is 10.9 Å². The second-order valence-electron chi connectivity index (χ2n) is 3.62. The second-order valence-corrected chi connectivity index (χ2v) is 5.42. The zero-order valence-corrected chi connectivity index (χ0v) is 9.88. The zero-order valence-electron chi connectivity index (χ0n) is 8.30. The molecule has 0 fully saturated rings. The molecule has 0 aromatic carbocycles. The number of hydrogen-bond acceptors (Lipinski definition) is 2. The van der Waals surface area contributed by atoms with Gasteiger partial charge in [-0.15, -0.1) is 11.3 Å². The summed E-state index contributed by atoms with van der Waals surface area (Å²) < 4.78 is 0.869. The van der Waals surface area contributed by atoms with Crippen LogP contribution in [0.5, 0.6) is 0 Å². The van der Waals surface area contributed by atoms with Gasteiger partial charge in [-0.25, -0.2) is 0 Å². The van der Waals surface area contributed by atoms with E-state index in [0.29, 0.717) is 12.0 Å². The van der Waals surface area contributed by atoms with Gasteiger partial charge in [0.1, 0.15) is 0 Å². The fraction of sp³-hybridized carbons (Fsp3) is 0.600. The van der Waals surface area contributed by atoms with Crippen molar-refractivity contribution in [2.24, 2.45) is 5.92 Å². The van der Waals surface area contributed by atoms with Crippen molar-refractivity contribution >= 4 is 22.9 Å². The van der Waals surface area contributed by atoms with Gasteiger partial charge in [-0.1, -0.05) is 25.4 Å². The lowest BCUT2D eigenvalue weighted by atomic mass is 10.1. The minimum Gasteiger partial charge on any atom is -0.309 e. The average molecular weight is 218 g/mol. The molecule has 74 valence electrons. The first-order chi connectivity index (χ1) is 6.09. The minimum atomic E-state index is 0.556. The topological polar surface area (TPSA) is 12.0 Å². The summed E-state index contributed by atoms with van der Waals surface area (Å²) in [6.07, 6.45) is 0. The van der Waals surface area contributed by atoms with E-state index in [-0.39, 0.29) is 0 Å². The summed E-state index contributed by atoms with van der Waals surface area (Å²) in [5.74, 6) is 0.676. The number of halogens is 1. The van der Waals surface area contributed by atoms with Crippen LogP contribution in [0, 0.1) is 5.92 Å². The number of nitrogens with one attached hydrogen (secondary N) is 1. The fourth-order valence-corrected chi connectivity index (χ4v) is 1.98. The van der Waals surface area contributed by atoms with Crippen LogP contribution >= 0.6 is 22.9 Å². The van der Waals surface area contributed by atoms with Gasteiger partial charge in [-0.3, -0.25) is 0 Å². The van der Waals surface area contributed by atoms with Crippen LogP contribution in [0.15, 0.2) is 12.1 Å². The van der Waals surface area contributed by atoms with Gasteiger partial charge >= 0.3 is 0 Å². The van der Waals surface area contributed by atoms with Crippen LogP contribution < -0.4 is 5.32 Å². The summed E-state index contributed by atoms with van der Waals surface area (Å²) in [6, 6.07) is 4.58. The van der Waals surface area contributed by atoms with Crippen molar-refractivity contribution in [2.45, 2.75) is 33.4 Å². The minimum absolute atomic E-state index is 0.556. The van der Waals surface area contributed by atoms with Gasteiger partial charge in [0.25, 0.3) is 0 Å². The molecule has 0 spiro atoms. The summed E-state index contributed by atoms with van der Waals surface area (Å²) in [5, 5.41) is 3.46. The van der Waals surface area contributed by atoms with Crippen LogP contribution in [0.3, 0.4) is 0 Å². The molecule has 1 rings (SSSR count). The maximum absolute atomic E-state index is 5.83. The normalized spacial score (nSPS) is 13.6. The van der Waals surface area contributed by atoms with E-state index < -0.39 is 0 Å². The highest BCUT2D eigenvalue weighted by Gasteiger charge is 2.06. The van der Waals surface area contributed by atoms with Crippen LogP contribution in [0.4, 0.5) is 0 Å². The quantitative estimate of drug-likeness (QED) is 0.814. The molecule has 0 saturated carbocycles. The number of hydrogen-bond donors (Lipinski definition) is 1. The molecular formula is C10H16ClNS. The van der Waals surface area contributed by atoms with E-state index >= 15 is 0 Å². The summed E-state index contributed by atoms with van der Waals surface area (Å²) >= 11 is 7.47. The van der Waals surface area contributed by atoms with Gasteiger partial charge in [-0.05, 0) is 25.0 Å². The Morgan fingerprint density at radius 1 is 1.38 bits per heavy atom. The Morgan fingerprint density at radius 3 is 2.54 bits per heavy atom. The molecule has 0 aliphatic heterocycles.